The molecule has 0 aromatic carbocycles. The number of nitrogens with zero attached hydrogens (tertiary/aromatic N) is 5. The van der Waals surface area contributed by atoms with Crippen LogP contribution in [0.25, 0.3) is 11.2 Å². The van der Waals surface area contributed by atoms with Crippen LogP contribution in [-0.4, -0.2) is 63.7 Å². The van der Waals surface area contributed by atoms with Crippen molar-refractivity contribution in [2.24, 2.45) is 5.41 Å². The Morgan fingerprint density at radius 2 is 2.20 bits per heavy atom. The van der Waals surface area contributed by atoms with Crippen LogP contribution in [0.1, 0.15) is 32.1 Å². The van der Waals surface area contributed by atoms with E-state index < -0.39 is 0 Å². The molecule has 2 saturated heterocycles. The predicted octanol–water partition coefficient (Wildman–Crippen LogP) is 0.991. The molecule has 1 unspecified atom stereocenters. The SMILES string of the molecule is CCc1nc2c(N3CCC4(CCCN(CCO)C4=O)C3)ncnc2o1. The Labute approximate surface area is 145 Å². The van der Waals surface area contributed by atoms with Crippen LogP contribution in [0.2, 0.25) is 0 Å². The Balaban J connectivity index is 1.62. The number of rotatable bonds is 4. The Kier molecular flexibility index (Phi) is 4.07. The van der Waals surface area contributed by atoms with Crippen molar-refractivity contribution in [1.82, 2.24) is 19.9 Å². The van der Waals surface area contributed by atoms with Crippen molar-refractivity contribution < 1.29 is 14.3 Å². The monoisotopic (exact) mass is 345 g/mol. The Bertz CT molecular complexity index is 790. The van der Waals surface area contributed by atoms with E-state index in [0.29, 0.717) is 36.6 Å². The van der Waals surface area contributed by atoms with Crippen LogP contribution in [-0.2, 0) is 11.2 Å². The first-order chi connectivity index (χ1) is 12.2. The number of β-amino-alcohol motifs (C(OH)–C–C–N with tert-alkyl or cyclic N) is 1. The molecule has 4 rings (SSSR count). The normalized spacial score (nSPS) is 24.0. The van der Waals surface area contributed by atoms with Gasteiger partial charge in [-0.05, 0) is 19.3 Å². The Hall–Kier alpha value is -2.22. The Morgan fingerprint density at radius 3 is 3.00 bits per heavy atom. The standard InChI is InChI=1S/C17H23N5O3/c1-2-12-20-13-14(18-11-19-15(13)25-12)22-7-5-17(10-22)4-3-6-21(8-9-23)16(17)24/h11,23H,2-10H2,1H3. The lowest BCUT2D eigenvalue weighted by Crippen LogP contribution is -2.50. The zero-order valence-corrected chi connectivity index (χ0v) is 14.4. The van der Waals surface area contributed by atoms with Gasteiger partial charge in [-0.15, -0.1) is 0 Å². The van der Waals surface area contributed by atoms with Gasteiger partial charge in [0.2, 0.25) is 5.91 Å². The van der Waals surface area contributed by atoms with Crippen LogP contribution in [0, 0.1) is 5.41 Å². The number of hydrogen-bond acceptors (Lipinski definition) is 7. The van der Waals surface area contributed by atoms with Crippen molar-refractivity contribution in [2.45, 2.75) is 32.6 Å². The van der Waals surface area contributed by atoms with Crippen molar-refractivity contribution in [3.05, 3.63) is 12.2 Å². The van der Waals surface area contributed by atoms with Crippen molar-refractivity contribution in [3.63, 3.8) is 0 Å². The average Bonchev–Trinajstić information content (AvgIpc) is 3.24. The molecule has 0 radical (unpaired) electrons. The van der Waals surface area contributed by atoms with Crippen molar-refractivity contribution in [2.75, 3.05) is 37.7 Å². The number of hydrogen-bond donors (Lipinski definition) is 1. The lowest BCUT2D eigenvalue weighted by molar-refractivity contribution is -0.145. The second kappa shape index (κ2) is 6.25. The number of aliphatic hydroxyl groups is 1. The molecule has 0 bridgehead atoms. The maximum absolute atomic E-state index is 13.0. The van der Waals surface area contributed by atoms with Crippen LogP contribution in [0.15, 0.2) is 10.7 Å². The molecule has 8 nitrogen and oxygen atoms in total. The fourth-order valence-corrected chi connectivity index (χ4v) is 4.09. The molecular formula is C17H23N5O3. The van der Waals surface area contributed by atoms with E-state index in [2.05, 4.69) is 19.9 Å². The molecule has 4 heterocycles. The van der Waals surface area contributed by atoms with Crippen LogP contribution < -0.4 is 4.90 Å². The summed E-state index contributed by atoms with van der Waals surface area (Å²) in [5.41, 5.74) is 0.800. The molecule has 2 fully saturated rings. The topological polar surface area (TPSA) is 95.6 Å². The largest absolute Gasteiger partial charge is 0.422 e. The highest BCUT2D eigenvalue weighted by molar-refractivity contribution is 5.87. The number of piperidine rings is 1. The number of carbonyl (C=O) groups excluding carboxylic acids is 1. The number of anilines is 1. The van der Waals surface area contributed by atoms with E-state index in [1.54, 1.807) is 4.90 Å². The van der Waals surface area contributed by atoms with Crippen LogP contribution in [0.5, 0.6) is 0 Å². The zero-order chi connectivity index (χ0) is 17.4. The number of likely N-dealkylation sites (tertiary alicyclic amines) is 1. The third kappa shape index (κ3) is 2.64. The van der Waals surface area contributed by atoms with Gasteiger partial charge in [0.15, 0.2) is 17.2 Å². The summed E-state index contributed by atoms with van der Waals surface area (Å²) in [6.07, 6.45) is 4.86. The minimum Gasteiger partial charge on any atom is -0.422 e. The maximum atomic E-state index is 13.0. The molecular weight excluding hydrogens is 322 g/mol. The number of fused-ring (bicyclic) bond motifs is 1. The maximum Gasteiger partial charge on any atom is 0.252 e. The van der Waals surface area contributed by atoms with E-state index in [0.717, 1.165) is 38.2 Å². The quantitative estimate of drug-likeness (QED) is 0.883. The van der Waals surface area contributed by atoms with Gasteiger partial charge in [-0.3, -0.25) is 4.79 Å². The summed E-state index contributed by atoms with van der Waals surface area (Å²) < 4.78 is 5.63. The predicted molar refractivity (Wildman–Crippen MR) is 91.1 cm³/mol. The van der Waals surface area contributed by atoms with E-state index in [-0.39, 0.29) is 17.9 Å². The van der Waals surface area contributed by atoms with Gasteiger partial charge in [0, 0.05) is 32.6 Å². The first-order valence-corrected chi connectivity index (χ1v) is 8.92. The molecule has 0 saturated carbocycles. The molecule has 2 aliphatic heterocycles. The molecule has 1 spiro atoms. The number of oxazole rings is 1. The summed E-state index contributed by atoms with van der Waals surface area (Å²) in [7, 11) is 0. The summed E-state index contributed by atoms with van der Waals surface area (Å²) in [6, 6.07) is 0. The van der Waals surface area contributed by atoms with Gasteiger partial charge in [-0.1, -0.05) is 6.92 Å². The Morgan fingerprint density at radius 1 is 1.32 bits per heavy atom. The van der Waals surface area contributed by atoms with Gasteiger partial charge in [-0.2, -0.15) is 4.98 Å². The molecule has 2 aromatic rings. The van der Waals surface area contributed by atoms with Gasteiger partial charge >= 0.3 is 0 Å². The van der Waals surface area contributed by atoms with E-state index >= 15 is 0 Å². The average molecular weight is 345 g/mol. The molecule has 25 heavy (non-hydrogen) atoms. The number of aliphatic hydroxyl groups excluding tert-OH is 1. The molecule has 1 N–H and O–H groups in total. The van der Waals surface area contributed by atoms with E-state index in [1.165, 1.54) is 6.33 Å². The van der Waals surface area contributed by atoms with E-state index in [9.17, 15) is 9.90 Å². The highest BCUT2D eigenvalue weighted by Gasteiger charge is 2.48. The second-order valence-corrected chi connectivity index (χ2v) is 6.88. The fourth-order valence-electron chi connectivity index (χ4n) is 4.09. The lowest BCUT2D eigenvalue weighted by Gasteiger charge is -2.39. The van der Waals surface area contributed by atoms with Crippen molar-refractivity contribution in [3.8, 4) is 0 Å². The molecule has 134 valence electrons. The zero-order valence-electron chi connectivity index (χ0n) is 14.4. The summed E-state index contributed by atoms with van der Waals surface area (Å²) in [4.78, 5) is 30.0. The smallest absolute Gasteiger partial charge is 0.252 e. The second-order valence-electron chi connectivity index (χ2n) is 6.88. The van der Waals surface area contributed by atoms with Gasteiger partial charge in [0.25, 0.3) is 5.71 Å². The number of aryl methyl sites for hydroxylation is 1. The highest BCUT2D eigenvalue weighted by atomic mass is 16.4. The van der Waals surface area contributed by atoms with Gasteiger partial charge < -0.3 is 19.3 Å². The summed E-state index contributed by atoms with van der Waals surface area (Å²) in [5, 5.41) is 9.20. The molecule has 2 aromatic heterocycles. The van der Waals surface area contributed by atoms with Crippen LogP contribution >= 0.6 is 0 Å². The molecule has 2 aliphatic rings. The number of aromatic nitrogens is 3. The van der Waals surface area contributed by atoms with E-state index in [1.807, 2.05) is 6.92 Å². The number of carbonyl (C=O) groups is 1. The molecule has 8 heteroatoms. The molecule has 1 amide bonds. The lowest BCUT2D eigenvalue weighted by atomic mass is 9.78. The van der Waals surface area contributed by atoms with E-state index in [4.69, 9.17) is 4.42 Å². The summed E-state index contributed by atoms with van der Waals surface area (Å²) in [6.45, 7) is 4.55. The number of amides is 1. The van der Waals surface area contributed by atoms with Crippen LogP contribution in [0.3, 0.4) is 0 Å². The summed E-state index contributed by atoms with van der Waals surface area (Å²) >= 11 is 0. The third-order valence-electron chi connectivity index (χ3n) is 5.37. The van der Waals surface area contributed by atoms with Gasteiger partial charge in [0.05, 0.1) is 12.0 Å². The highest BCUT2D eigenvalue weighted by Crippen LogP contribution is 2.42. The first kappa shape index (κ1) is 16.3. The van der Waals surface area contributed by atoms with Crippen molar-refractivity contribution >= 4 is 23.0 Å². The minimum absolute atomic E-state index is 0.0107. The van der Waals surface area contributed by atoms with Crippen LogP contribution in [0.4, 0.5) is 5.82 Å². The minimum atomic E-state index is -0.373. The summed E-state index contributed by atoms with van der Waals surface area (Å²) in [5.74, 6) is 1.56. The van der Waals surface area contributed by atoms with Gasteiger partial charge in [0.1, 0.15) is 6.33 Å². The van der Waals surface area contributed by atoms with Crippen molar-refractivity contribution in [1.29, 1.82) is 0 Å². The fraction of sp³-hybridized carbons (Fsp3) is 0.647. The molecule has 1 atom stereocenters. The first-order valence-electron chi connectivity index (χ1n) is 8.92. The third-order valence-corrected chi connectivity index (χ3v) is 5.37. The van der Waals surface area contributed by atoms with Gasteiger partial charge in [-0.25, -0.2) is 9.97 Å². The molecule has 0 aliphatic carbocycles.